The number of rotatable bonds is 1. The molecule has 14 heavy (non-hydrogen) atoms. The molecule has 1 nitrogen and oxygen atoms in total. The van der Waals surface area contributed by atoms with E-state index in [4.69, 9.17) is 0 Å². The lowest BCUT2D eigenvalue weighted by Crippen LogP contribution is -2.24. The molecule has 1 aromatic carbocycles. The molecule has 0 saturated carbocycles. The van der Waals surface area contributed by atoms with Gasteiger partial charge in [0.15, 0.2) is 0 Å². The Labute approximate surface area is 86.1 Å². The molecular weight excluding hydrogens is 170 g/mol. The topological polar surface area (TPSA) is 3.24 Å². The molecule has 0 aliphatic carbocycles. The second kappa shape index (κ2) is 4.32. The number of aryl methyl sites for hydroxylation is 1. The lowest BCUT2D eigenvalue weighted by Gasteiger charge is -2.24. The predicted molar refractivity (Wildman–Crippen MR) is 61.8 cm³/mol. The van der Waals surface area contributed by atoms with Gasteiger partial charge in [0.05, 0.1) is 0 Å². The molecule has 0 unspecified atom stereocenters. The van der Waals surface area contributed by atoms with Crippen molar-refractivity contribution in [2.24, 2.45) is 0 Å². The van der Waals surface area contributed by atoms with E-state index in [9.17, 15) is 0 Å². The van der Waals surface area contributed by atoms with Gasteiger partial charge in [0.2, 0.25) is 0 Å². The Hall–Kier alpha value is -1.24. The normalized spacial score (nSPS) is 16.8. The van der Waals surface area contributed by atoms with E-state index >= 15 is 0 Å². The number of para-hydroxylation sites is 1. The highest BCUT2D eigenvalue weighted by Gasteiger charge is 2.08. The minimum Gasteiger partial charge on any atom is -0.371 e. The minimum atomic E-state index is 1.15. The third-order valence-electron chi connectivity index (χ3n) is 2.75. The van der Waals surface area contributed by atoms with Gasteiger partial charge in [0.25, 0.3) is 0 Å². The van der Waals surface area contributed by atoms with Crippen molar-refractivity contribution >= 4 is 5.69 Å². The standard InChI is InChI=1S/C13H17N/c1-12-8-4-5-9-13(12)14-10-6-2-3-7-11-14/h2-5,8-9H,6-7,10-11H2,1H3. The van der Waals surface area contributed by atoms with Crippen molar-refractivity contribution in [2.75, 3.05) is 18.0 Å². The highest BCUT2D eigenvalue weighted by atomic mass is 15.1. The van der Waals surface area contributed by atoms with Crippen LogP contribution < -0.4 is 4.90 Å². The van der Waals surface area contributed by atoms with E-state index in [-0.39, 0.29) is 0 Å². The molecule has 0 spiro atoms. The zero-order valence-electron chi connectivity index (χ0n) is 8.74. The van der Waals surface area contributed by atoms with Crippen molar-refractivity contribution < 1.29 is 0 Å². The van der Waals surface area contributed by atoms with Crippen molar-refractivity contribution in [3.63, 3.8) is 0 Å². The predicted octanol–water partition coefficient (Wildman–Crippen LogP) is 3.15. The molecule has 0 fully saturated rings. The van der Waals surface area contributed by atoms with Gasteiger partial charge >= 0.3 is 0 Å². The van der Waals surface area contributed by atoms with E-state index in [1.165, 1.54) is 24.1 Å². The Kier molecular flexibility index (Phi) is 2.87. The summed E-state index contributed by atoms with van der Waals surface area (Å²) in [5, 5.41) is 0. The first-order valence-electron chi connectivity index (χ1n) is 5.33. The monoisotopic (exact) mass is 187 g/mol. The first-order valence-corrected chi connectivity index (χ1v) is 5.33. The number of nitrogens with zero attached hydrogens (tertiary/aromatic N) is 1. The van der Waals surface area contributed by atoms with E-state index in [2.05, 4.69) is 48.2 Å². The van der Waals surface area contributed by atoms with Gasteiger partial charge < -0.3 is 4.90 Å². The van der Waals surface area contributed by atoms with Crippen LogP contribution in [-0.2, 0) is 0 Å². The lowest BCUT2D eigenvalue weighted by atomic mass is 10.2. The van der Waals surface area contributed by atoms with Gasteiger partial charge in [-0.25, -0.2) is 0 Å². The van der Waals surface area contributed by atoms with Crippen molar-refractivity contribution in [2.45, 2.75) is 19.8 Å². The number of hydrogen-bond acceptors (Lipinski definition) is 1. The quantitative estimate of drug-likeness (QED) is 0.610. The molecule has 1 aromatic rings. The van der Waals surface area contributed by atoms with Crippen LogP contribution in [0.2, 0.25) is 0 Å². The smallest absolute Gasteiger partial charge is 0.0396 e. The summed E-state index contributed by atoms with van der Waals surface area (Å²) in [4.78, 5) is 2.48. The van der Waals surface area contributed by atoms with Crippen LogP contribution in [0, 0.1) is 6.92 Å². The van der Waals surface area contributed by atoms with Crippen LogP contribution in [0.4, 0.5) is 5.69 Å². The zero-order chi connectivity index (χ0) is 9.80. The van der Waals surface area contributed by atoms with E-state index in [0.29, 0.717) is 0 Å². The Morgan fingerprint density at radius 3 is 2.29 bits per heavy atom. The summed E-state index contributed by atoms with van der Waals surface area (Å²) in [6.07, 6.45) is 6.93. The molecule has 0 saturated heterocycles. The molecule has 0 radical (unpaired) electrons. The average Bonchev–Trinajstić information content (AvgIpc) is 2.47. The van der Waals surface area contributed by atoms with Crippen LogP contribution in [0.1, 0.15) is 18.4 Å². The first-order chi connectivity index (χ1) is 6.88. The lowest BCUT2D eigenvalue weighted by molar-refractivity contribution is 0.809. The fourth-order valence-corrected chi connectivity index (χ4v) is 1.97. The molecule has 1 aliphatic rings. The fraction of sp³-hybridized carbons (Fsp3) is 0.385. The molecule has 1 heterocycles. The Morgan fingerprint density at radius 2 is 1.64 bits per heavy atom. The second-order valence-corrected chi connectivity index (χ2v) is 3.82. The number of benzene rings is 1. The summed E-state index contributed by atoms with van der Waals surface area (Å²) >= 11 is 0. The van der Waals surface area contributed by atoms with Crippen molar-refractivity contribution in [1.82, 2.24) is 0 Å². The summed E-state index contributed by atoms with van der Waals surface area (Å²) in [5.74, 6) is 0. The van der Waals surface area contributed by atoms with Crippen LogP contribution in [0.15, 0.2) is 36.4 Å². The van der Waals surface area contributed by atoms with Crippen molar-refractivity contribution in [1.29, 1.82) is 0 Å². The van der Waals surface area contributed by atoms with Gasteiger partial charge in [0.1, 0.15) is 0 Å². The van der Waals surface area contributed by atoms with Gasteiger partial charge in [-0.2, -0.15) is 0 Å². The molecule has 1 aliphatic heterocycles. The highest BCUT2D eigenvalue weighted by Crippen LogP contribution is 2.20. The van der Waals surface area contributed by atoms with E-state index in [1.807, 2.05) is 0 Å². The molecule has 0 amide bonds. The molecule has 0 N–H and O–H groups in total. The Balaban J connectivity index is 2.18. The summed E-state index contributed by atoms with van der Waals surface area (Å²) in [7, 11) is 0. The summed E-state index contributed by atoms with van der Waals surface area (Å²) in [6, 6.07) is 8.64. The average molecular weight is 187 g/mol. The SMILES string of the molecule is Cc1ccccc1N1CCC=CCC1. The summed E-state index contributed by atoms with van der Waals surface area (Å²) < 4.78 is 0. The minimum absolute atomic E-state index is 1.15. The van der Waals surface area contributed by atoms with Crippen molar-refractivity contribution in [3.8, 4) is 0 Å². The first kappa shape index (κ1) is 9.32. The fourth-order valence-electron chi connectivity index (χ4n) is 1.97. The molecule has 1 heteroatoms. The number of hydrogen-bond donors (Lipinski definition) is 0. The van der Waals surface area contributed by atoms with E-state index in [0.717, 1.165) is 13.1 Å². The van der Waals surface area contributed by atoms with E-state index < -0.39 is 0 Å². The molecule has 74 valence electrons. The van der Waals surface area contributed by atoms with Crippen LogP contribution in [0.5, 0.6) is 0 Å². The van der Waals surface area contributed by atoms with Gasteiger partial charge in [-0.1, -0.05) is 30.4 Å². The van der Waals surface area contributed by atoms with Crippen molar-refractivity contribution in [3.05, 3.63) is 42.0 Å². The van der Waals surface area contributed by atoms with Gasteiger partial charge in [-0.05, 0) is 31.4 Å². The number of anilines is 1. The molecule has 0 atom stereocenters. The van der Waals surface area contributed by atoms with E-state index in [1.54, 1.807) is 0 Å². The summed E-state index contributed by atoms with van der Waals surface area (Å²) in [6.45, 7) is 4.50. The van der Waals surface area contributed by atoms with Crippen LogP contribution in [-0.4, -0.2) is 13.1 Å². The maximum Gasteiger partial charge on any atom is 0.0396 e. The maximum atomic E-state index is 2.48. The third kappa shape index (κ3) is 1.98. The van der Waals surface area contributed by atoms with Crippen LogP contribution in [0.3, 0.4) is 0 Å². The Morgan fingerprint density at radius 1 is 1.00 bits per heavy atom. The second-order valence-electron chi connectivity index (χ2n) is 3.82. The van der Waals surface area contributed by atoms with Gasteiger partial charge in [-0.15, -0.1) is 0 Å². The van der Waals surface area contributed by atoms with Gasteiger partial charge in [0, 0.05) is 18.8 Å². The Bertz CT molecular complexity index is 318. The van der Waals surface area contributed by atoms with Crippen LogP contribution >= 0.6 is 0 Å². The largest absolute Gasteiger partial charge is 0.371 e. The van der Waals surface area contributed by atoms with Gasteiger partial charge in [-0.3, -0.25) is 0 Å². The molecular formula is C13H17N. The summed E-state index contributed by atoms with van der Waals surface area (Å²) in [5.41, 5.74) is 2.78. The molecule has 2 rings (SSSR count). The highest BCUT2D eigenvalue weighted by molar-refractivity contribution is 5.53. The van der Waals surface area contributed by atoms with Crippen LogP contribution in [0.25, 0.3) is 0 Å². The zero-order valence-corrected chi connectivity index (χ0v) is 8.74. The molecule has 0 bridgehead atoms. The molecule has 0 aromatic heterocycles. The maximum absolute atomic E-state index is 2.48. The third-order valence-corrected chi connectivity index (χ3v) is 2.75.